The molecule has 0 atom stereocenters. The molecule has 1 aromatic heterocycles. The van der Waals surface area contributed by atoms with Gasteiger partial charge in [0.05, 0.1) is 5.69 Å². The Kier molecular flexibility index (Phi) is 3.72. The van der Waals surface area contributed by atoms with Gasteiger partial charge in [0, 0.05) is 5.56 Å². The Balaban J connectivity index is 2.47. The van der Waals surface area contributed by atoms with Crippen LogP contribution in [0.3, 0.4) is 0 Å². The number of para-hydroxylation sites is 1. The first-order valence-electron chi connectivity index (χ1n) is 5.46. The Morgan fingerprint density at radius 1 is 1.10 bits per heavy atom. The molecule has 0 bridgehead atoms. The molecular weight excluding hydrogens is 254 g/mol. The molecule has 2 aromatic rings. The number of anilines is 1. The number of aromatic nitrogens is 3. The number of hydrogen-bond donors (Lipinski definition) is 2. The van der Waals surface area contributed by atoms with Crippen LogP contribution < -0.4 is 5.32 Å². The van der Waals surface area contributed by atoms with E-state index in [1.54, 1.807) is 42.5 Å². The first-order valence-corrected chi connectivity index (χ1v) is 5.46. The molecule has 0 fully saturated rings. The van der Waals surface area contributed by atoms with Crippen LogP contribution in [0.15, 0.2) is 41.9 Å². The molecule has 1 aromatic carbocycles. The molecule has 0 saturated carbocycles. The molecule has 7 nitrogen and oxygen atoms in total. The lowest BCUT2D eigenvalue weighted by Crippen LogP contribution is -2.02. The van der Waals surface area contributed by atoms with E-state index in [1.807, 2.05) is 0 Å². The number of nitrogens with zero attached hydrogens (tertiary/aromatic N) is 5. The highest BCUT2D eigenvalue weighted by Crippen LogP contribution is 2.25. The number of aromatic amines is 1. The van der Waals surface area contributed by atoms with Gasteiger partial charge in [0.25, 0.3) is 0 Å². The maximum atomic E-state index is 9.03. The van der Waals surface area contributed by atoms with Crippen molar-refractivity contribution in [2.45, 2.75) is 0 Å². The van der Waals surface area contributed by atoms with Crippen molar-refractivity contribution in [2.75, 3.05) is 5.32 Å². The topological polar surface area (TPSA) is 125 Å². The first kappa shape index (κ1) is 12.8. The van der Waals surface area contributed by atoms with Crippen LogP contribution >= 0.6 is 0 Å². The predicted molar refractivity (Wildman–Crippen MR) is 69.3 cm³/mol. The maximum Gasteiger partial charge on any atom is 0.163 e. The van der Waals surface area contributed by atoms with Crippen LogP contribution in [0.25, 0.3) is 11.4 Å². The summed E-state index contributed by atoms with van der Waals surface area (Å²) >= 11 is 0. The summed E-state index contributed by atoms with van der Waals surface area (Å²) in [5, 5.41) is 35.9. The Labute approximate surface area is 114 Å². The average molecular weight is 261 g/mol. The molecule has 0 saturated heterocycles. The van der Waals surface area contributed by atoms with E-state index in [-0.39, 0.29) is 11.3 Å². The largest absolute Gasteiger partial charge is 0.345 e. The van der Waals surface area contributed by atoms with E-state index >= 15 is 0 Å². The summed E-state index contributed by atoms with van der Waals surface area (Å²) in [7, 11) is 0. The van der Waals surface area contributed by atoms with Crippen molar-refractivity contribution in [3.05, 3.63) is 41.9 Å². The number of benzene rings is 1. The van der Waals surface area contributed by atoms with Crippen molar-refractivity contribution in [2.24, 2.45) is 0 Å². The minimum atomic E-state index is -0.278. The summed E-state index contributed by atoms with van der Waals surface area (Å²) in [6.07, 6.45) is 1.36. The number of nitriles is 3. The molecule has 2 N–H and O–H groups in total. The molecule has 7 heteroatoms. The molecule has 1 heterocycles. The van der Waals surface area contributed by atoms with Gasteiger partial charge in [-0.25, -0.2) is 4.98 Å². The van der Waals surface area contributed by atoms with Crippen LogP contribution in [0.1, 0.15) is 0 Å². The fourth-order valence-corrected chi connectivity index (χ4v) is 1.55. The number of H-pyrrole nitrogens is 1. The summed E-state index contributed by atoms with van der Waals surface area (Å²) in [6.45, 7) is 0. The molecule has 0 amide bonds. The van der Waals surface area contributed by atoms with E-state index in [2.05, 4.69) is 20.5 Å². The Morgan fingerprint density at radius 3 is 2.45 bits per heavy atom. The van der Waals surface area contributed by atoms with E-state index in [9.17, 15) is 0 Å². The Hall–Kier alpha value is -3.63. The molecule has 2 rings (SSSR count). The lowest BCUT2D eigenvalue weighted by molar-refractivity contribution is 1.10. The molecule has 94 valence electrons. The summed E-state index contributed by atoms with van der Waals surface area (Å²) in [6, 6.07) is 12.2. The van der Waals surface area contributed by atoms with Crippen molar-refractivity contribution in [3.63, 3.8) is 0 Å². The van der Waals surface area contributed by atoms with E-state index in [1.165, 1.54) is 6.33 Å². The van der Waals surface area contributed by atoms with Crippen LogP contribution in [-0.2, 0) is 0 Å². The van der Waals surface area contributed by atoms with Gasteiger partial charge in [0.1, 0.15) is 30.2 Å². The van der Waals surface area contributed by atoms with Gasteiger partial charge in [-0.3, -0.25) is 5.10 Å². The summed E-state index contributed by atoms with van der Waals surface area (Å²) in [4.78, 5) is 4.03. The third kappa shape index (κ3) is 2.45. The fourth-order valence-electron chi connectivity index (χ4n) is 1.55. The van der Waals surface area contributed by atoms with Gasteiger partial charge in [-0.05, 0) is 12.1 Å². The van der Waals surface area contributed by atoms with Crippen LogP contribution in [0.5, 0.6) is 0 Å². The summed E-state index contributed by atoms with van der Waals surface area (Å²) < 4.78 is 0. The third-order valence-corrected chi connectivity index (χ3v) is 2.44. The second-order valence-electron chi connectivity index (χ2n) is 3.59. The maximum absolute atomic E-state index is 9.03. The monoisotopic (exact) mass is 261 g/mol. The fraction of sp³-hybridized carbons (Fsp3) is 0. The lowest BCUT2D eigenvalue weighted by atomic mass is 10.1. The molecule has 0 spiro atoms. The van der Waals surface area contributed by atoms with Crippen molar-refractivity contribution < 1.29 is 0 Å². The molecule has 0 radical (unpaired) electrons. The van der Waals surface area contributed by atoms with Gasteiger partial charge in [0.2, 0.25) is 0 Å². The first-order chi connectivity index (χ1) is 9.80. The van der Waals surface area contributed by atoms with Gasteiger partial charge < -0.3 is 5.32 Å². The minimum absolute atomic E-state index is 0.109. The van der Waals surface area contributed by atoms with Crippen molar-refractivity contribution >= 4 is 5.69 Å². The number of allylic oxidation sites excluding steroid dienone is 2. The highest BCUT2D eigenvalue weighted by Gasteiger charge is 2.11. The zero-order valence-corrected chi connectivity index (χ0v) is 10.1. The number of rotatable bonds is 3. The second-order valence-corrected chi connectivity index (χ2v) is 3.59. The van der Waals surface area contributed by atoms with Crippen LogP contribution in [0, 0.1) is 34.0 Å². The van der Waals surface area contributed by atoms with Crippen molar-refractivity contribution in [1.82, 2.24) is 15.2 Å². The molecule has 0 aliphatic rings. The molecular formula is C13H7N7. The van der Waals surface area contributed by atoms with E-state index in [0.29, 0.717) is 17.1 Å². The molecule has 0 aliphatic heterocycles. The SMILES string of the molecule is N#CC(C#N)=C(C#N)Nc1ccccc1-c1ncn[nH]1. The quantitative estimate of drug-likeness (QED) is 0.810. The van der Waals surface area contributed by atoms with Crippen molar-refractivity contribution in [3.8, 4) is 29.6 Å². The van der Waals surface area contributed by atoms with E-state index in [0.717, 1.165) is 0 Å². The highest BCUT2D eigenvalue weighted by molar-refractivity contribution is 5.76. The highest BCUT2D eigenvalue weighted by atomic mass is 15.2. The number of nitrogens with one attached hydrogen (secondary N) is 2. The van der Waals surface area contributed by atoms with Crippen LogP contribution in [0.2, 0.25) is 0 Å². The standard InChI is InChI=1S/C13H7N7/c14-5-9(6-15)12(7-16)19-11-4-2-1-3-10(11)13-17-8-18-20-13/h1-4,8,19H,(H,17,18,20). The predicted octanol–water partition coefficient (Wildman–Crippen LogP) is 1.71. The molecule has 0 aliphatic carbocycles. The van der Waals surface area contributed by atoms with Crippen molar-refractivity contribution in [1.29, 1.82) is 15.8 Å². The van der Waals surface area contributed by atoms with Gasteiger partial charge in [-0.2, -0.15) is 20.9 Å². The minimum Gasteiger partial charge on any atom is -0.345 e. The average Bonchev–Trinajstić information content (AvgIpc) is 3.02. The molecule has 0 unspecified atom stereocenters. The Bertz CT molecular complexity index is 750. The van der Waals surface area contributed by atoms with Gasteiger partial charge in [-0.1, -0.05) is 12.1 Å². The summed E-state index contributed by atoms with van der Waals surface area (Å²) in [5.74, 6) is 0.515. The summed E-state index contributed by atoms with van der Waals surface area (Å²) in [5.41, 5.74) is 0.832. The van der Waals surface area contributed by atoms with E-state index in [4.69, 9.17) is 15.8 Å². The zero-order chi connectivity index (χ0) is 14.4. The smallest absolute Gasteiger partial charge is 0.163 e. The zero-order valence-electron chi connectivity index (χ0n) is 10.1. The van der Waals surface area contributed by atoms with Gasteiger partial charge in [-0.15, -0.1) is 0 Å². The second kappa shape index (κ2) is 5.81. The normalized spacial score (nSPS) is 8.85. The number of hydrogen-bond acceptors (Lipinski definition) is 6. The van der Waals surface area contributed by atoms with Gasteiger partial charge >= 0.3 is 0 Å². The lowest BCUT2D eigenvalue weighted by Gasteiger charge is -2.08. The van der Waals surface area contributed by atoms with Gasteiger partial charge in [0.15, 0.2) is 11.4 Å². The third-order valence-electron chi connectivity index (χ3n) is 2.44. The molecule has 20 heavy (non-hydrogen) atoms. The van der Waals surface area contributed by atoms with Crippen LogP contribution in [-0.4, -0.2) is 15.2 Å². The Morgan fingerprint density at radius 2 is 1.85 bits per heavy atom. The van der Waals surface area contributed by atoms with E-state index < -0.39 is 0 Å². The van der Waals surface area contributed by atoms with Crippen LogP contribution in [0.4, 0.5) is 5.69 Å².